The quantitative estimate of drug-likeness (QED) is 0.0996. The highest BCUT2D eigenvalue weighted by Crippen LogP contribution is 2.03. The van der Waals surface area contributed by atoms with Gasteiger partial charge in [0.15, 0.2) is 0 Å². The third-order valence-corrected chi connectivity index (χ3v) is 4.02. The molecule has 0 aliphatic carbocycles. The minimum Gasteiger partial charge on any atom is -0.481 e. The molecule has 190 valence electrons. The highest BCUT2D eigenvalue weighted by atomic mass is 16.4. The predicted molar refractivity (Wildman–Crippen MR) is 105 cm³/mol. The van der Waals surface area contributed by atoms with Gasteiger partial charge >= 0.3 is 29.8 Å². The molecule has 0 aliphatic heterocycles. The van der Waals surface area contributed by atoms with Crippen LogP contribution in [-0.4, -0.2) is 97.3 Å². The Balaban J connectivity index is 5.54. The van der Waals surface area contributed by atoms with Gasteiger partial charge < -0.3 is 47.2 Å². The second-order valence-corrected chi connectivity index (χ2v) is 6.85. The molecule has 0 spiro atoms. The first-order chi connectivity index (χ1) is 15.6. The van der Waals surface area contributed by atoms with Crippen LogP contribution in [0.1, 0.15) is 32.1 Å². The number of nitrogens with one attached hydrogen (secondary N) is 3. The lowest BCUT2D eigenvalue weighted by Gasteiger charge is -2.23. The van der Waals surface area contributed by atoms with Crippen molar-refractivity contribution in [2.45, 2.75) is 56.3 Å². The summed E-state index contributed by atoms with van der Waals surface area (Å²) in [5.41, 5.74) is 5.48. The lowest BCUT2D eigenvalue weighted by molar-refractivity contribution is -0.148. The second-order valence-electron chi connectivity index (χ2n) is 6.85. The van der Waals surface area contributed by atoms with Gasteiger partial charge in [-0.2, -0.15) is 0 Å². The summed E-state index contributed by atoms with van der Waals surface area (Å²) in [6, 6.07) is -7.26. The number of carbonyl (C=O) groups is 8. The molecule has 0 saturated heterocycles. The minimum absolute atomic E-state index is 0.354. The highest BCUT2D eigenvalue weighted by Gasteiger charge is 2.33. The van der Waals surface area contributed by atoms with E-state index in [0.717, 1.165) is 0 Å². The maximum atomic E-state index is 12.5. The zero-order valence-corrected chi connectivity index (χ0v) is 17.4. The molecule has 0 aromatic carbocycles. The molecule has 3 amide bonds. The number of hydrogen-bond donors (Lipinski definition) is 9. The van der Waals surface area contributed by atoms with E-state index in [0.29, 0.717) is 0 Å². The second kappa shape index (κ2) is 14.0. The van der Waals surface area contributed by atoms with E-state index in [-0.39, 0.29) is 6.42 Å². The highest BCUT2D eigenvalue weighted by molar-refractivity contribution is 5.97. The van der Waals surface area contributed by atoms with Crippen molar-refractivity contribution in [3.63, 3.8) is 0 Å². The fourth-order valence-electron chi connectivity index (χ4n) is 2.38. The molecule has 0 rings (SSSR count). The fourth-order valence-corrected chi connectivity index (χ4v) is 2.38. The Labute approximate surface area is 190 Å². The minimum atomic E-state index is -1.98. The van der Waals surface area contributed by atoms with Crippen molar-refractivity contribution in [3.05, 3.63) is 0 Å². The van der Waals surface area contributed by atoms with E-state index in [1.807, 2.05) is 10.6 Å². The fraction of sp³-hybridized carbons (Fsp3) is 0.529. The van der Waals surface area contributed by atoms with Crippen molar-refractivity contribution in [3.8, 4) is 0 Å². The van der Waals surface area contributed by atoms with Gasteiger partial charge in [0, 0.05) is 6.42 Å². The van der Waals surface area contributed by atoms with Crippen molar-refractivity contribution in [1.29, 1.82) is 0 Å². The van der Waals surface area contributed by atoms with Crippen molar-refractivity contribution in [2.75, 3.05) is 0 Å². The Bertz CT molecular complexity index is 843. The maximum Gasteiger partial charge on any atom is 0.326 e. The van der Waals surface area contributed by atoms with Gasteiger partial charge in [0.25, 0.3) is 0 Å². The third-order valence-electron chi connectivity index (χ3n) is 4.02. The van der Waals surface area contributed by atoms with Crippen molar-refractivity contribution < 1.29 is 63.9 Å². The summed E-state index contributed by atoms with van der Waals surface area (Å²) in [5.74, 6) is -11.7. The van der Waals surface area contributed by atoms with Gasteiger partial charge in [-0.1, -0.05) is 0 Å². The molecular formula is C17H24N4O13. The lowest BCUT2D eigenvalue weighted by atomic mass is 10.1. The molecule has 0 fully saturated rings. The summed E-state index contributed by atoms with van der Waals surface area (Å²) < 4.78 is 0. The van der Waals surface area contributed by atoms with Gasteiger partial charge in [0.1, 0.15) is 18.1 Å². The van der Waals surface area contributed by atoms with Crippen LogP contribution in [0.3, 0.4) is 0 Å². The number of aliphatic carboxylic acids is 5. The van der Waals surface area contributed by atoms with Crippen LogP contribution in [0.2, 0.25) is 0 Å². The van der Waals surface area contributed by atoms with Gasteiger partial charge in [-0.25, -0.2) is 4.79 Å². The van der Waals surface area contributed by atoms with E-state index in [2.05, 4.69) is 0 Å². The third kappa shape index (κ3) is 11.9. The summed E-state index contributed by atoms with van der Waals surface area (Å²) in [5, 5.41) is 49.8. The molecule has 17 heteroatoms. The number of nitrogens with two attached hydrogens (primary N) is 1. The molecule has 0 heterocycles. The normalized spacial score (nSPS) is 13.9. The summed E-state index contributed by atoms with van der Waals surface area (Å²) in [6.45, 7) is 0. The Kier molecular flexibility index (Phi) is 12.2. The first-order valence-electron chi connectivity index (χ1n) is 9.40. The number of carboxylic acid groups (broad SMARTS) is 5. The van der Waals surface area contributed by atoms with Crippen LogP contribution < -0.4 is 21.7 Å². The largest absolute Gasteiger partial charge is 0.481 e. The van der Waals surface area contributed by atoms with E-state index in [1.165, 1.54) is 0 Å². The van der Waals surface area contributed by atoms with Crippen LogP contribution in [-0.2, 0) is 38.4 Å². The molecule has 0 aromatic rings. The lowest BCUT2D eigenvalue weighted by Crippen LogP contribution is -2.58. The van der Waals surface area contributed by atoms with Crippen molar-refractivity contribution in [2.24, 2.45) is 5.73 Å². The zero-order valence-electron chi connectivity index (χ0n) is 17.4. The summed E-state index contributed by atoms with van der Waals surface area (Å²) in [4.78, 5) is 91.4. The van der Waals surface area contributed by atoms with Gasteiger partial charge in [-0.05, 0) is 6.42 Å². The summed E-state index contributed by atoms with van der Waals surface area (Å²) >= 11 is 0. The molecule has 0 radical (unpaired) electrons. The van der Waals surface area contributed by atoms with Crippen molar-refractivity contribution >= 4 is 47.6 Å². The summed E-state index contributed by atoms with van der Waals surface area (Å²) in [7, 11) is 0. The standard InChI is InChI=1S/C17H24N4O13/c18-6(1-2-10(22)23)14(30)19-7(3-11(24)25)15(31)20-8(4-12(26)27)16(32)21-9(17(33)34)5-13(28)29/h6-9H,1-5,18H2,(H,19,30)(H,20,31)(H,21,32)(H,22,23)(H,24,25)(H,26,27)(H,28,29)(H,33,34)/t6-,7-,8-,9-/m0/s1. The van der Waals surface area contributed by atoms with Gasteiger partial charge in [0.2, 0.25) is 17.7 Å². The van der Waals surface area contributed by atoms with Crippen LogP contribution >= 0.6 is 0 Å². The molecular weight excluding hydrogens is 468 g/mol. The topological polar surface area (TPSA) is 300 Å². The van der Waals surface area contributed by atoms with E-state index in [4.69, 9.17) is 31.3 Å². The van der Waals surface area contributed by atoms with Crippen LogP contribution in [0, 0.1) is 0 Å². The number of hydrogen-bond acceptors (Lipinski definition) is 9. The van der Waals surface area contributed by atoms with Crippen molar-refractivity contribution in [1.82, 2.24) is 16.0 Å². The first kappa shape index (κ1) is 29.7. The Hall–Kier alpha value is -4.28. The first-order valence-corrected chi connectivity index (χ1v) is 9.40. The molecule has 10 N–H and O–H groups in total. The van der Waals surface area contributed by atoms with Crippen LogP contribution in [0.15, 0.2) is 0 Å². The van der Waals surface area contributed by atoms with Gasteiger partial charge in [-0.3, -0.25) is 33.6 Å². The average Bonchev–Trinajstić information content (AvgIpc) is 2.68. The predicted octanol–water partition coefficient (Wildman–Crippen LogP) is -3.86. The smallest absolute Gasteiger partial charge is 0.326 e. The number of amides is 3. The molecule has 0 unspecified atom stereocenters. The maximum absolute atomic E-state index is 12.5. The molecule has 0 saturated carbocycles. The molecule has 4 atom stereocenters. The summed E-state index contributed by atoms with van der Waals surface area (Å²) in [6.07, 6.45) is -4.08. The Morgan fingerprint density at radius 3 is 1.26 bits per heavy atom. The molecule has 34 heavy (non-hydrogen) atoms. The van der Waals surface area contributed by atoms with Crippen LogP contribution in [0.25, 0.3) is 0 Å². The van der Waals surface area contributed by atoms with Crippen LogP contribution in [0.5, 0.6) is 0 Å². The van der Waals surface area contributed by atoms with Crippen LogP contribution in [0.4, 0.5) is 0 Å². The van der Waals surface area contributed by atoms with Gasteiger partial charge in [0.05, 0.1) is 25.3 Å². The number of carbonyl (C=O) groups excluding carboxylic acids is 3. The SMILES string of the molecule is N[C@@H](CCC(=O)O)C(=O)N[C@@H](CC(=O)O)C(=O)N[C@@H](CC(=O)O)C(=O)N[C@@H](CC(=O)O)C(=O)O. The molecule has 0 aromatic heterocycles. The average molecular weight is 492 g/mol. The Morgan fingerprint density at radius 2 is 0.912 bits per heavy atom. The molecule has 17 nitrogen and oxygen atoms in total. The molecule has 0 aliphatic rings. The van der Waals surface area contributed by atoms with E-state index in [9.17, 15) is 38.4 Å². The number of rotatable bonds is 16. The molecule has 0 bridgehead atoms. The number of carboxylic acids is 5. The van der Waals surface area contributed by atoms with E-state index >= 15 is 0 Å². The van der Waals surface area contributed by atoms with E-state index < -0.39 is 97.4 Å². The van der Waals surface area contributed by atoms with E-state index in [1.54, 1.807) is 5.32 Å². The zero-order chi connectivity index (χ0) is 26.6. The van der Waals surface area contributed by atoms with Gasteiger partial charge in [-0.15, -0.1) is 0 Å². The Morgan fingerprint density at radius 1 is 0.559 bits per heavy atom. The monoisotopic (exact) mass is 492 g/mol.